The molecule has 0 unspecified atom stereocenters. The van der Waals surface area contributed by atoms with Gasteiger partial charge in [0.1, 0.15) is 0 Å². The number of aromatic nitrogens is 2. The van der Waals surface area contributed by atoms with Crippen molar-refractivity contribution in [3.63, 3.8) is 0 Å². The Labute approximate surface area is 107 Å². The van der Waals surface area contributed by atoms with Crippen LogP contribution in [0.2, 0.25) is 0 Å². The van der Waals surface area contributed by atoms with Gasteiger partial charge in [-0.15, -0.1) is 10.2 Å². The third kappa shape index (κ3) is 6.00. The summed E-state index contributed by atoms with van der Waals surface area (Å²) < 4.78 is 35.6. The number of amides is 1. The topological polar surface area (TPSA) is 92.9 Å². The first-order chi connectivity index (χ1) is 8.92. The molecule has 0 bridgehead atoms. The lowest BCUT2D eigenvalue weighted by molar-refractivity contribution is -0.135. The highest BCUT2D eigenvalue weighted by molar-refractivity contribution is 5.92. The molecular formula is C10H14F3N5O. The number of hydrogen-bond acceptors (Lipinski definition) is 5. The van der Waals surface area contributed by atoms with Gasteiger partial charge in [-0.1, -0.05) is 0 Å². The highest BCUT2D eigenvalue weighted by atomic mass is 19.4. The van der Waals surface area contributed by atoms with Crippen LogP contribution in [-0.2, 0) is 0 Å². The predicted octanol–water partition coefficient (Wildman–Crippen LogP) is 1.22. The Bertz CT molecular complexity index is 407. The van der Waals surface area contributed by atoms with E-state index >= 15 is 0 Å². The van der Waals surface area contributed by atoms with Crippen LogP contribution in [0.3, 0.4) is 0 Å². The zero-order valence-electron chi connectivity index (χ0n) is 10.00. The highest BCUT2D eigenvalue weighted by Crippen LogP contribution is 2.21. The number of nitrogen functional groups attached to an aromatic ring is 1. The summed E-state index contributed by atoms with van der Waals surface area (Å²) in [5.41, 5.74) is 2.33. The molecule has 0 saturated heterocycles. The molecule has 19 heavy (non-hydrogen) atoms. The monoisotopic (exact) mass is 277 g/mol. The molecule has 0 saturated carbocycles. The largest absolute Gasteiger partial charge is 0.389 e. The number of unbranched alkanes of at least 4 members (excludes halogenated alkanes) is 1. The number of nitrogens with two attached hydrogens (primary N) is 1. The van der Waals surface area contributed by atoms with Crippen molar-refractivity contribution in [3.05, 3.63) is 17.8 Å². The average Bonchev–Trinajstić information content (AvgIpc) is 2.37. The van der Waals surface area contributed by atoms with Gasteiger partial charge in [0.2, 0.25) is 0 Å². The van der Waals surface area contributed by atoms with Gasteiger partial charge in [-0.3, -0.25) is 4.79 Å². The number of alkyl halides is 3. The molecule has 1 aromatic rings. The number of rotatable bonds is 6. The van der Waals surface area contributed by atoms with Crippen LogP contribution in [0.4, 0.5) is 19.0 Å². The van der Waals surface area contributed by atoms with E-state index in [0.717, 1.165) is 0 Å². The van der Waals surface area contributed by atoms with Crippen LogP contribution in [0.5, 0.6) is 0 Å². The van der Waals surface area contributed by atoms with E-state index in [-0.39, 0.29) is 25.1 Å². The van der Waals surface area contributed by atoms with Crippen molar-refractivity contribution < 1.29 is 18.0 Å². The first-order valence-corrected chi connectivity index (χ1v) is 5.57. The summed E-state index contributed by atoms with van der Waals surface area (Å²) >= 11 is 0. The van der Waals surface area contributed by atoms with Gasteiger partial charge in [0.05, 0.1) is 0 Å². The van der Waals surface area contributed by atoms with Gasteiger partial charge in [-0.2, -0.15) is 13.2 Å². The Morgan fingerprint density at radius 2 is 2.00 bits per heavy atom. The zero-order valence-corrected chi connectivity index (χ0v) is 10.00. The van der Waals surface area contributed by atoms with Crippen molar-refractivity contribution in [2.45, 2.75) is 25.4 Å². The molecule has 1 aromatic heterocycles. The lowest BCUT2D eigenvalue weighted by atomic mass is 10.2. The van der Waals surface area contributed by atoms with E-state index in [1.165, 1.54) is 12.1 Å². The highest BCUT2D eigenvalue weighted by Gasteiger charge is 2.25. The summed E-state index contributed by atoms with van der Waals surface area (Å²) in [5.74, 6) is 4.90. The second kappa shape index (κ2) is 6.88. The molecule has 0 aliphatic heterocycles. The van der Waals surface area contributed by atoms with Gasteiger partial charge in [-0.25, -0.2) is 5.84 Å². The Morgan fingerprint density at radius 1 is 1.26 bits per heavy atom. The second-order valence-corrected chi connectivity index (χ2v) is 3.78. The van der Waals surface area contributed by atoms with Gasteiger partial charge in [0, 0.05) is 13.0 Å². The van der Waals surface area contributed by atoms with Gasteiger partial charge in [0.15, 0.2) is 11.5 Å². The lowest BCUT2D eigenvalue weighted by Crippen LogP contribution is -2.26. The quantitative estimate of drug-likeness (QED) is 0.413. The van der Waals surface area contributed by atoms with Gasteiger partial charge < -0.3 is 10.7 Å². The Morgan fingerprint density at radius 3 is 2.53 bits per heavy atom. The molecule has 4 N–H and O–H groups in total. The van der Waals surface area contributed by atoms with Crippen LogP contribution in [-0.4, -0.2) is 28.8 Å². The maximum absolute atomic E-state index is 11.9. The first-order valence-electron chi connectivity index (χ1n) is 5.57. The molecule has 0 radical (unpaired) electrons. The fraction of sp³-hybridized carbons (Fsp3) is 0.500. The molecular weight excluding hydrogens is 263 g/mol. The van der Waals surface area contributed by atoms with E-state index in [1.807, 2.05) is 0 Å². The molecule has 106 valence electrons. The van der Waals surface area contributed by atoms with E-state index in [9.17, 15) is 18.0 Å². The number of hydrazine groups is 1. The predicted molar refractivity (Wildman–Crippen MR) is 62.1 cm³/mol. The van der Waals surface area contributed by atoms with Crippen LogP contribution in [0.15, 0.2) is 12.1 Å². The number of halogens is 3. The van der Waals surface area contributed by atoms with Crippen LogP contribution in [0.25, 0.3) is 0 Å². The molecule has 0 fully saturated rings. The third-order valence-electron chi connectivity index (χ3n) is 2.22. The molecule has 1 rings (SSSR count). The van der Waals surface area contributed by atoms with Crippen LogP contribution in [0, 0.1) is 0 Å². The van der Waals surface area contributed by atoms with Crippen molar-refractivity contribution in [3.8, 4) is 0 Å². The summed E-state index contributed by atoms with van der Waals surface area (Å²) in [6, 6.07) is 2.87. The first kappa shape index (κ1) is 15.2. The molecule has 0 aliphatic carbocycles. The maximum Gasteiger partial charge on any atom is 0.389 e. The van der Waals surface area contributed by atoms with E-state index in [4.69, 9.17) is 5.84 Å². The van der Waals surface area contributed by atoms with Crippen molar-refractivity contribution in [2.24, 2.45) is 5.84 Å². The Hall–Kier alpha value is -1.90. The smallest absolute Gasteiger partial charge is 0.351 e. The molecule has 6 nitrogen and oxygen atoms in total. The van der Waals surface area contributed by atoms with E-state index in [2.05, 4.69) is 20.9 Å². The number of carbonyl (C=O) groups is 1. The number of nitrogens with zero attached hydrogens (tertiary/aromatic N) is 2. The standard InChI is InChI=1S/C10H14F3N5O/c11-10(12,13)5-1-2-6-15-9(19)7-3-4-8(16-14)18-17-7/h3-4H,1-2,5-6,14H2,(H,15,19)(H,16,18). The number of carbonyl (C=O) groups excluding carboxylic acids is 1. The number of anilines is 1. The summed E-state index contributed by atoms with van der Waals surface area (Å²) in [5, 5.41) is 9.66. The van der Waals surface area contributed by atoms with Crippen LogP contribution >= 0.6 is 0 Å². The van der Waals surface area contributed by atoms with E-state index in [1.54, 1.807) is 0 Å². The molecule has 0 atom stereocenters. The second-order valence-electron chi connectivity index (χ2n) is 3.78. The van der Waals surface area contributed by atoms with Gasteiger partial charge in [-0.05, 0) is 25.0 Å². The average molecular weight is 277 g/mol. The Balaban J connectivity index is 2.27. The fourth-order valence-electron chi connectivity index (χ4n) is 1.27. The maximum atomic E-state index is 11.9. The van der Waals surface area contributed by atoms with Crippen LogP contribution in [0.1, 0.15) is 29.8 Å². The Kier molecular flexibility index (Phi) is 5.49. The van der Waals surface area contributed by atoms with Crippen molar-refractivity contribution in [1.29, 1.82) is 0 Å². The van der Waals surface area contributed by atoms with Gasteiger partial charge >= 0.3 is 6.18 Å². The molecule has 1 amide bonds. The van der Waals surface area contributed by atoms with Gasteiger partial charge in [0.25, 0.3) is 5.91 Å². The van der Waals surface area contributed by atoms with Crippen molar-refractivity contribution in [1.82, 2.24) is 15.5 Å². The number of nitrogens with one attached hydrogen (secondary N) is 2. The molecule has 0 aliphatic rings. The van der Waals surface area contributed by atoms with Crippen molar-refractivity contribution in [2.75, 3.05) is 12.0 Å². The minimum atomic E-state index is -4.15. The molecule has 9 heteroatoms. The summed E-state index contributed by atoms with van der Waals surface area (Å²) in [6.45, 7) is 0.160. The molecule has 0 spiro atoms. The minimum Gasteiger partial charge on any atom is -0.351 e. The molecule has 1 heterocycles. The summed E-state index contributed by atoms with van der Waals surface area (Å²) in [6.07, 6.45) is -4.77. The third-order valence-corrected chi connectivity index (χ3v) is 2.22. The lowest BCUT2D eigenvalue weighted by Gasteiger charge is -2.06. The summed E-state index contributed by atoms with van der Waals surface area (Å²) in [4.78, 5) is 11.5. The van der Waals surface area contributed by atoms with E-state index < -0.39 is 18.5 Å². The van der Waals surface area contributed by atoms with Crippen LogP contribution < -0.4 is 16.6 Å². The fourth-order valence-corrected chi connectivity index (χ4v) is 1.27. The SMILES string of the molecule is NNc1ccc(C(=O)NCCCCC(F)(F)F)nn1. The normalized spacial score (nSPS) is 11.2. The minimum absolute atomic E-state index is 0.0223. The number of hydrogen-bond donors (Lipinski definition) is 3. The van der Waals surface area contributed by atoms with Crippen molar-refractivity contribution >= 4 is 11.7 Å². The zero-order chi connectivity index (χ0) is 14.3. The van der Waals surface area contributed by atoms with E-state index in [0.29, 0.717) is 5.82 Å². The molecule has 0 aromatic carbocycles. The summed E-state index contributed by atoms with van der Waals surface area (Å²) in [7, 11) is 0.